The molecule has 1 saturated carbocycles. The topological polar surface area (TPSA) is 36.4 Å². The Morgan fingerprint density at radius 3 is 2.73 bits per heavy atom. The Morgan fingerprint density at radius 2 is 2.27 bits per heavy atom. The second kappa shape index (κ2) is 4.57. The van der Waals surface area contributed by atoms with Crippen LogP contribution in [0.1, 0.15) is 19.3 Å². The van der Waals surface area contributed by atoms with Crippen molar-refractivity contribution < 1.29 is 9.50 Å². The lowest BCUT2D eigenvalue weighted by molar-refractivity contribution is 0.283. The van der Waals surface area contributed by atoms with E-state index in [1.165, 1.54) is 18.7 Å². The van der Waals surface area contributed by atoms with Crippen molar-refractivity contribution in [1.29, 1.82) is 0 Å². The Kier molecular flexibility index (Phi) is 3.16. The van der Waals surface area contributed by atoms with Crippen molar-refractivity contribution in [3.8, 4) is 0 Å². The summed E-state index contributed by atoms with van der Waals surface area (Å²) in [7, 11) is 0. The summed E-state index contributed by atoms with van der Waals surface area (Å²) in [6.07, 6.45) is 4.73. The zero-order valence-electron chi connectivity index (χ0n) is 8.56. The van der Waals surface area contributed by atoms with Crippen molar-refractivity contribution >= 4 is 5.82 Å². The molecule has 82 valence electrons. The SMILES string of the molecule is OCCN(c1ccc(F)cn1)C1CCC1. The smallest absolute Gasteiger partial charge is 0.141 e. The third-order valence-electron chi connectivity index (χ3n) is 2.86. The van der Waals surface area contributed by atoms with Crippen LogP contribution in [-0.2, 0) is 0 Å². The van der Waals surface area contributed by atoms with Gasteiger partial charge in [0.15, 0.2) is 0 Å². The molecule has 0 atom stereocenters. The van der Waals surface area contributed by atoms with E-state index < -0.39 is 0 Å². The number of pyridine rings is 1. The lowest BCUT2D eigenvalue weighted by Crippen LogP contribution is -2.42. The molecule has 0 unspecified atom stereocenters. The minimum absolute atomic E-state index is 0.107. The van der Waals surface area contributed by atoms with Gasteiger partial charge in [-0.05, 0) is 31.4 Å². The van der Waals surface area contributed by atoms with Crippen LogP contribution in [0.5, 0.6) is 0 Å². The van der Waals surface area contributed by atoms with Gasteiger partial charge in [-0.25, -0.2) is 9.37 Å². The molecule has 0 spiro atoms. The van der Waals surface area contributed by atoms with Crippen LogP contribution < -0.4 is 4.90 Å². The van der Waals surface area contributed by atoms with Gasteiger partial charge in [0.05, 0.1) is 12.8 Å². The first-order chi connectivity index (χ1) is 7.31. The van der Waals surface area contributed by atoms with Crippen LogP contribution in [-0.4, -0.2) is 29.3 Å². The first-order valence-corrected chi connectivity index (χ1v) is 5.30. The third kappa shape index (κ3) is 2.26. The first kappa shape index (κ1) is 10.4. The van der Waals surface area contributed by atoms with Gasteiger partial charge in [0.1, 0.15) is 11.6 Å². The van der Waals surface area contributed by atoms with Crippen LogP contribution in [0.3, 0.4) is 0 Å². The number of anilines is 1. The molecule has 1 aromatic rings. The maximum absolute atomic E-state index is 12.7. The molecule has 1 aliphatic carbocycles. The van der Waals surface area contributed by atoms with Crippen molar-refractivity contribution in [1.82, 2.24) is 4.98 Å². The van der Waals surface area contributed by atoms with Crippen LogP contribution in [0.15, 0.2) is 18.3 Å². The number of aromatic nitrogens is 1. The van der Waals surface area contributed by atoms with E-state index in [-0.39, 0.29) is 12.4 Å². The van der Waals surface area contributed by atoms with Crippen molar-refractivity contribution in [3.05, 3.63) is 24.1 Å². The summed E-state index contributed by atoms with van der Waals surface area (Å²) in [6.45, 7) is 0.679. The normalized spacial score (nSPS) is 16.1. The predicted molar refractivity (Wildman–Crippen MR) is 56.3 cm³/mol. The van der Waals surface area contributed by atoms with Crippen molar-refractivity contribution in [2.45, 2.75) is 25.3 Å². The summed E-state index contributed by atoms with van der Waals surface area (Å²) < 4.78 is 12.7. The molecule has 0 aliphatic heterocycles. The summed E-state index contributed by atoms with van der Waals surface area (Å²) in [6, 6.07) is 3.55. The molecule has 1 N–H and O–H groups in total. The molecule has 0 aromatic carbocycles. The number of hydrogen-bond acceptors (Lipinski definition) is 3. The number of nitrogens with zero attached hydrogens (tertiary/aromatic N) is 2. The number of halogens is 1. The molecule has 0 radical (unpaired) electrons. The second-order valence-electron chi connectivity index (χ2n) is 3.84. The van der Waals surface area contributed by atoms with Gasteiger partial charge in [-0.3, -0.25) is 0 Å². The summed E-state index contributed by atoms with van der Waals surface area (Å²) in [5.41, 5.74) is 0. The summed E-state index contributed by atoms with van der Waals surface area (Å²) >= 11 is 0. The Morgan fingerprint density at radius 1 is 1.47 bits per heavy atom. The maximum Gasteiger partial charge on any atom is 0.141 e. The van der Waals surface area contributed by atoms with Gasteiger partial charge in [-0.1, -0.05) is 0 Å². The Bertz CT molecular complexity index is 311. The maximum atomic E-state index is 12.7. The highest BCUT2D eigenvalue weighted by molar-refractivity contribution is 5.40. The van der Waals surface area contributed by atoms with E-state index in [0.29, 0.717) is 12.6 Å². The number of hydrogen-bond donors (Lipinski definition) is 1. The molecule has 2 rings (SSSR count). The Labute approximate surface area is 88.6 Å². The van der Waals surface area contributed by atoms with E-state index in [2.05, 4.69) is 9.88 Å². The summed E-state index contributed by atoms with van der Waals surface area (Å²) in [5.74, 6) is 0.437. The van der Waals surface area contributed by atoms with E-state index in [0.717, 1.165) is 18.7 Å². The second-order valence-corrected chi connectivity index (χ2v) is 3.84. The van der Waals surface area contributed by atoms with Crippen molar-refractivity contribution in [2.24, 2.45) is 0 Å². The first-order valence-electron chi connectivity index (χ1n) is 5.30. The fourth-order valence-corrected chi connectivity index (χ4v) is 1.83. The molecule has 0 saturated heterocycles. The molecular formula is C11H15FN2O. The lowest BCUT2D eigenvalue weighted by Gasteiger charge is -2.38. The Balaban J connectivity index is 2.12. The molecule has 0 bridgehead atoms. The van der Waals surface area contributed by atoms with Crippen LogP contribution in [0, 0.1) is 5.82 Å². The molecule has 0 amide bonds. The monoisotopic (exact) mass is 210 g/mol. The van der Waals surface area contributed by atoms with Gasteiger partial charge < -0.3 is 10.0 Å². The summed E-state index contributed by atoms with van der Waals surface area (Å²) in [4.78, 5) is 6.10. The van der Waals surface area contributed by atoms with Crippen molar-refractivity contribution in [2.75, 3.05) is 18.1 Å². The van der Waals surface area contributed by atoms with E-state index in [4.69, 9.17) is 5.11 Å². The lowest BCUT2D eigenvalue weighted by atomic mass is 9.91. The Hall–Kier alpha value is -1.16. The molecule has 1 fully saturated rings. The quantitative estimate of drug-likeness (QED) is 0.819. The summed E-state index contributed by atoms with van der Waals surface area (Å²) in [5, 5.41) is 8.98. The molecule has 1 aliphatic rings. The molecule has 1 heterocycles. The predicted octanol–water partition coefficient (Wildman–Crippen LogP) is 1.57. The van der Waals surface area contributed by atoms with Gasteiger partial charge in [-0.2, -0.15) is 0 Å². The highest BCUT2D eigenvalue weighted by Crippen LogP contribution is 2.27. The van der Waals surface area contributed by atoms with Crippen LogP contribution in [0.2, 0.25) is 0 Å². The zero-order valence-corrected chi connectivity index (χ0v) is 8.56. The standard InChI is InChI=1S/C11H15FN2O/c12-9-4-5-11(13-8-9)14(6-7-15)10-2-1-3-10/h4-5,8,10,15H,1-3,6-7H2. The minimum atomic E-state index is -0.323. The average Bonchev–Trinajstić information content (AvgIpc) is 2.16. The molecule has 3 nitrogen and oxygen atoms in total. The van der Waals surface area contributed by atoms with Crippen LogP contribution >= 0.6 is 0 Å². The average molecular weight is 210 g/mol. The van der Waals surface area contributed by atoms with Crippen LogP contribution in [0.4, 0.5) is 10.2 Å². The fourth-order valence-electron chi connectivity index (χ4n) is 1.83. The highest BCUT2D eigenvalue weighted by Gasteiger charge is 2.25. The minimum Gasteiger partial charge on any atom is -0.395 e. The fraction of sp³-hybridized carbons (Fsp3) is 0.545. The van der Waals surface area contributed by atoms with E-state index in [1.807, 2.05) is 0 Å². The largest absolute Gasteiger partial charge is 0.395 e. The van der Waals surface area contributed by atoms with Gasteiger partial charge in [0, 0.05) is 12.6 Å². The van der Waals surface area contributed by atoms with Crippen molar-refractivity contribution in [3.63, 3.8) is 0 Å². The zero-order chi connectivity index (χ0) is 10.7. The molecular weight excluding hydrogens is 195 g/mol. The molecule has 4 heteroatoms. The number of aliphatic hydroxyl groups excluding tert-OH is 1. The highest BCUT2D eigenvalue weighted by atomic mass is 19.1. The van der Waals surface area contributed by atoms with Gasteiger partial charge >= 0.3 is 0 Å². The molecule has 1 aromatic heterocycles. The van der Waals surface area contributed by atoms with Gasteiger partial charge in [0.2, 0.25) is 0 Å². The number of rotatable bonds is 4. The third-order valence-corrected chi connectivity index (χ3v) is 2.86. The van der Waals surface area contributed by atoms with Gasteiger partial charge in [-0.15, -0.1) is 0 Å². The van der Waals surface area contributed by atoms with E-state index in [1.54, 1.807) is 6.07 Å². The number of aliphatic hydroxyl groups is 1. The van der Waals surface area contributed by atoms with E-state index in [9.17, 15) is 4.39 Å². The molecule has 15 heavy (non-hydrogen) atoms. The van der Waals surface area contributed by atoms with Crippen LogP contribution in [0.25, 0.3) is 0 Å². The van der Waals surface area contributed by atoms with Gasteiger partial charge in [0.25, 0.3) is 0 Å². The van der Waals surface area contributed by atoms with E-state index >= 15 is 0 Å².